The number of benzene rings is 1. The quantitative estimate of drug-likeness (QED) is 0.744. The first-order valence-electron chi connectivity index (χ1n) is 9.88. The molecule has 2 saturated heterocycles. The molecule has 5 rings (SSSR count). The Labute approximate surface area is 169 Å². The molecular formula is C21H24ClN5O. The molecule has 0 bridgehead atoms. The monoisotopic (exact) mass is 397 g/mol. The highest BCUT2D eigenvalue weighted by Gasteiger charge is 2.47. The average Bonchev–Trinajstić information content (AvgIpc) is 3.10. The molecule has 1 aromatic carbocycles. The summed E-state index contributed by atoms with van der Waals surface area (Å²) in [7, 11) is 0. The fourth-order valence-electron chi connectivity index (χ4n) is 5.03. The van der Waals surface area contributed by atoms with Gasteiger partial charge in [-0.25, -0.2) is 10.2 Å². The molecule has 28 heavy (non-hydrogen) atoms. The Balaban J connectivity index is 1.31. The molecule has 2 amide bonds. The van der Waals surface area contributed by atoms with Gasteiger partial charge in [0.05, 0.1) is 6.04 Å². The van der Waals surface area contributed by atoms with Gasteiger partial charge in [0.25, 0.3) is 0 Å². The topological polar surface area (TPSA) is 69.3 Å². The lowest BCUT2D eigenvalue weighted by molar-refractivity contribution is 0.0961. The van der Waals surface area contributed by atoms with Gasteiger partial charge in [-0.05, 0) is 54.0 Å². The normalized spacial score (nSPS) is 31.8. The number of fused-ring (bicyclic) bond motifs is 2. The second kappa shape index (κ2) is 7.35. The van der Waals surface area contributed by atoms with Crippen LogP contribution >= 0.6 is 11.6 Å². The summed E-state index contributed by atoms with van der Waals surface area (Å²) in [5.74, 6) is 0.937. The molecule has 2 aliphatic heterocycles. The van der Waals surface area contributed by atoms with E-state index in [1.807, 2.05) is 47.6 Å². The SMILES string of the molecule is O=C1NC2CC3NNC(c4cccnc4)C3CC2CN1Cc1cccc(Cl)c1. The molecule has 5 atom stereocenters. The molecule has 6 nitrogen and oxygen atoms in total. The van der Waals surface area contributed by atoms with Gasteiger partial charge >= 0.3 is 6.03 Å². The third-order valence-corrected chi connectivity index (χ3v) is 6.61. The third kappa shape index (κ3) is 3.36. The number of halogens is 1. The molecule has 3 heterocycles. The zero-order valence-corrected chi connectivity index (χ0v) is 16.3. The summed E-state index contributed by atoms with van der Waals surface area (Å²) in [5.41, 5.74) is 9.20. The van der Waals surface area contributed by atoms with Crippen molar-refractivity contribution >= 4 is 17.6 Å². The van der Waals surface area contributed by atoms with Gasteiger partial charge in [0.1, 0.15) is 0 Å². The van der Waals surface area contributed by atoms with Crippen LogP contribution < -0.4 is 16.2 Å². The first-order chi connectivity index (χ1) is 13.7. The summed E-state index contributed by atoms with van der Waals surface area (Å²) in [4.78, 5) is 18.9. The van der Waals surface area contributed by atoms with Crippen LogP contribution in [0.1, 0.15) is 30.0 Å². The van der Waals surface area contributed by atoms with Crippen LogP contribution in [0.2, 0.25) is 5.02 Å². The first-order valence-corrected chi connectivity index (χ1v) is 10.3. The van der Waals surface area contributed by atoms with Crippen LogP contribution in [0, 0.1) is 11.8 Å². The fourth-order valence-corrected chi connectivity index (χ4v) is 5.25. The zero-order valence-electron chi connectivity index (χ0n) is 15.5. The molecule has 0 spiro atoms. The van der Waals surface area contributed by atoms with Crippen LogP contribution in [0.4, 0.5) is 4.79 Å². The van der Waals surface area contributed by atoms with Gasteiger partial charge in [0, 0.05) is 42.6 Å². The van der Waals surface area contributed by atoms with Gasteiger partial charge < -0.3 is 10.2 Å². The number of hydrogen-bond acceptors (Lipinski definition) is 4. The number of nitrogens with zero attached hydrogens (tertiary/aromatic N) is 2. The Kier molecular flexibility index (Phi) is 4.70. The number of rotatable bonds is 3. The van der Waals surface area contributed by atoms with Crippen molar-refractivity contribution in [2.75, 3.05) is 6.54 Å². The number of hydrazine groups is 1. The van der Waals surface area contributed by atoms with E-state index in [0.29, 0.717) is 29.4 Å². The molecule has 3 fully saturated rings. The van der Waals surface area contributed by atoms with E-state index in [9.17, 15) is 4.79 Å². The van der Waals surface area contributed by atoms with Crippen LogP contribution in [-0.2, 0) is 6.54 Å². The van der Waals surface area contributed by atoms with Gasteiger partial charge in [-0.15, -0.1) is 0 Å². The van der Waals surface area contributed by atoms with E-state index in [-0.39, 0.29) is 18.1 Å². The van der Waals surface area contributed by atoms with Gasteiger partial charge in [-0.3, -0.25) is 10.4 Å². The summed E-state index contributed by atoms with van der Waals surface area (Å²) in [6, 6.07) is 12.7. The van der Waals surface area contributed by atoms with E-state index in [2.05, 4.69) is 27.2 Å². The molecule has 3 aliphatic rings. The van der Waals surface area contributed by atoms with Crippen molar-refractivity contribution in [3.05, 3.63) is 64.9 Å². The number of hydrogen-bond donors (Lipinski definition) is 3. The molecule has 146 valence electrons. The van der Waals surface area contributed by atoms with Gasteiger partial charge in [0.2, 0.25) is 0 Å². The largest absolute Gasteiger partial charge is 0.335 e. The predicted molar refractivity (Wildman–Crippen MR) is 107 cm³/mol. The number of aromatic nitrogens is 1. The maximum absolute atomic E-state index is 12.7. The number of pyridine rings is 1. The van der Waals surface area contributed by atoms with E-state index in [4.69, 9.17) is 11.6 Å². The van der Waals surface area contributed by atoms with Gasteiger partial charge in [-0.1, -0.05) is 29.8 Å². The van der Waals surface area contributed by atoms with Crippen molar-refractivity contribution in [2.45, 2.75) is 37.5 Å². The molecular weight excluding hydrogens is 374 g/mol. The van der Waals surface area contributed by atoms with Crippen LogP contribution in [-0.4, -0.2) is 34.5 Å². The Morgan fingerprint density at radius 1 is 1.14 bits per heavy atom. The number of carbonyl (C=O) groups is 1. The highest BCUT2D eigenvalue weighted by atomic mass is 35.5. The smallest absolute Gasteiger partial charge is 0.317 e. The third-order valence-electron chi connectivity index (χ3n) is 6.38. The van der Waals surface area contributed by atoms with E-state index >= 15 is 0 Å². The Bertz CT molecular complexity index is 863. The van der Waals surface area contributed by atoms with E-state index < -0.39 is 0 Å². The maximum Gasteiger partial charge on any atom is 0.317 e. The first kappa shape index (κ1) is 17.9. The average molecular weight is 398 g/mol. The van der Waals surface area contributed by atoms with Crippen molar-refractivity contribution in [3.63, 3.8) is 0 Å². The highest BCUT2D eigenvalue weighted by molar-refractivity contribution is 6.30. The highest BCUT2D eigenvalue weighted by Crippen LogP contribution is 2.41. The van der Waals surface area contributed by atoms with E-state index in [1.54, 1.807) is 0 Å². The maximum atomic E-state index is 12.7. The summed E-state index contributed by atoms with van der Waals surface area (Å²) < 4.78 is 0. The Hall–Kier alpha value is -2.15. The van der Waals surface area contributed by atoms with Crippen LogP contribution in [0.25, 0.3) is 0 Å². The molecule has 0 radical (unpaired) electrons. The standard InChI is InChI=1S/C21H24ClN5O/c22-16-5-1-3-13(7-16)11-27-12-15-8-17-19(9-18(15)24-21(27)28)25-26-20(17)14-4-2-6-23-10-14/h1-7,10,15,17-20,25-26H,8-9,11-12H2,(H,24,28). The molecule has 1 aliphatic carbocycles. The van der Waals surface area contributed by atoms with E-state index in [0.717, 1.165) is 24.9 Å². The molecule has 3 N–H and O–H groups in total. The fraction of sp³-hybridized carbons (Fsp3) is 0.429. The second-order valence-electron chi connectivity index (χ2n) is 8.12. The number of carbonyl (C=O) groups excluding carboxylic acids is 1. The lowest BCUT2D eigenvalue weighted by Crippen LogP contribution is -2.60. The summed E-state index contributed by atoms with van der Waals surface area (Å²) in [5, 5.41) is 3.95. The summed E-state index contributed by atoms with van der Waals surface area (Å²) in [6.45, 7) is 1.37. The second-order valence-corrected chi connectivity index (χ2v) is 8.56. The minimum Gasteiger partial charge on any atom is -0.335 e. The lowest BCUT2D eigenvalue weighted by Gasteiger charge is -2.45. The molecule has 1 aromatic heterocycles. The van der Waals surface area contributed by atoms with Crippen LogP contribution in [0.5, 0.6) is 0 Å². The summed E-state index contributed by atoms with van der Waals surface area (Å²) >= 11 is 6.11. The van der Waals surface area contributed by atoms with Crippen molar-refractivity contribution in [1.82, 2.24) is 26.1 Å². The lowest BCUT2D eigenvalue weighted by atomic mass is 9.71. The van der Waals surface area contributed by atoms with Crippen LogP contribution in [0.15, 0.2) is 48.8 Å². The van der Waals surface area contributed by atoms with Crippen molar-refractivity contribution in [1.29, 1.82) is 0 Å². The van der Waals surface area contributed by atoms with Crippen LogP contribution in [0.3, 0.4) is 0 Å². The summed E-state index contributed by atoms with van der Waals surface area (Å²) in [6.07, 6.45) is 5.78. The minimum atomic E-state index is 0.0226. The number of nitrogens with one attached hydrogen (secondary N) is 3. The van der Waals surface area contributed by atoms with Crippen molar-refractivity contribution in [2.24, 2.45) is 11.8 Å². The minimum absolute atomic E-state index is 0.0226. The molecule has 2 aromatic rings. The van der Waals surface area contributed by atoms with Crippen molar-refractivity contribution < 1.29 is 4.79 Å². The van der Waals surface area contributed by atoms with Crippen molar-refractivity contribution in [3.8, 4) is 0 Å². The number of amides is 2. The van der Waals surface area contributed by atoms with Gasteiger partial charge in [-0.2, -0.15) is 0 Å². The van der Waals surface area contributed by atoms with Gasteiger partial charge in [0.15, 0.2) is 0 Å². The molecule has 1 saturated carbocycles. The predicted octanol–water partition coefficient (Wildman–Crippen LogP) is 2.87. The zero-order chi connectivity index (χ0) is 19.1. The Morgan fingerprint density at radius 2 is 2.07 bits per heavy atom. The molecule has 7 heteroatoms. The number of urea groups is 1. The van der Waals surface area contributed by atoms with E-state index in [1.165, 1.54) is 5.56 Å². The Morgan fingerprint density at radius 3 is 2.89 bits per heavy atom. The molecule has 5 unspecified atom stereocenters.